The van der Waals surface area contributed by atoms with Crippen molar-refractivity contribution in [2.75, 3.05) is 20.6 Å². The van der Waals surface area contributed by atoms with Crippen LogP contribution < -0.4 is 5.32 Å². The van der Waals surface area contributed by atoms with Crippen molar-refractivity contribution in [3.8, 4) is 0 Å². The van der Waals surface area contributed by atoms with Gasteiger partial charge in [-0.3, -0.25) is 0 Å². The molecule has 1 N–H and O–H groups in total. The van der Waals surface area contributed by atoms with Crippen molar-refractivity contribution >= 4 is 0 Å². The Balaban J connectivity index is 2.10. The summed E-state index contributed by atoms with van der Waals surface area (Å²) in [7, 11) is 4.59. The van der Waals surface area contributed by atoms with E-state index in [1.54, 1.807) is 0 Å². The maximum atomic E-state index is 3.89. The van der Waals surface area contributed by atoms with Gasteiger partial charge in [0.25, 0.3) is 0 Å². The van der Waals surface area contributed by atoms with Gasteiger partial charge < -0.3 is 10.2 Å². The van der Waals surface area contributed by atoms with Gasteiger partial charge in [0, 0.05) is 11.6 Å². The molecular weight excluding hydrogens is 208 g/mol. The van der Waals surface area contributed by atoms with Crippen LogP contribution in [-0.2, 0) is 0 Å². The van der Waals surface area contributed by atoms with Gasteiger partial charge in [0.15, 0.2) is 0 Å². The zero-order valence-corrected chi connectivity index (χ0v) is 12.0. The molecule has 2 saturated carbocycles. The van der Waals surface area contributed by atoms with Crippen LogP contribution in [0.2, 0.25) is 0 Å². The summed E-state index contributed by atoms with van der Waals surface area (Å²) in [6.45, 7) is 3.47. The maximum Gasteiger partial charge on any atom is 0.0359 e. The SMILES string of the molecule is CCCNC(C1CCC1)C1(N(C)C)CCCC1. The highest BCUT2D eigenvalue weighted by Crippen LogP contribution is 2.44. The Morgan fingerprint density at radius 1 is 1.18 bits per heavy atom. The number of nitrogens with zero attached hydrogens (tertiary/aromatic N) is 1. The summed E-state index contributed by atoms with van der Waals surface area (Å²) in [5.74, 6) is 0.946. The molecule has 2 fully saturated rings. The zero-order chi connectivity index (χ0) is 12.3. The first-order chi connectivity index (χ1) is 8.20. The smallest absolute Gasteiger partial charge is 0.0359 e. The van der Waals surface area contributed by atoms with E-state index in [9.17, 15) is 0 Å². The molecule has 17 heavy (non-hydrogen) atoms. The van der Waals surface area contributed by atoms with Gasteiger partial charge in [-0.15, -0.1) is 0 Å². The summed E-state index contributed by atoms with van der Waals surface area (Å²) in [5.41, 5.74) is 0.459. The molecule has 0 aromatic rings. The molecule has 1 unspecified atom stereocenters. The molecule has 0 aliphatic heterocycles. The molecular formula is C15H30N2. The van der Waals surface area contributed by atoms with Gasteiger partial charge in [-0.2, -0.15) is 0 Å². The molecule has 0 saturated heterocycles. The number of nitrogens with one attached hydrogen (secondary N) is 1. The van der Waals surface area contributed by atoms with Gasteiger partial charge in [0.1, 0.15) is 0 Å². The molecule has 0 heterocycles. The Morgan fingerprint density at radius 3 is 2.24 bits per heavy atom. The van der Waals surface area contributed by atoms with E-state index >= 15 is 0 Å². The predicted molar refractivity (Wildman–Crippen MR) is 74.3 cm³/mol. The van der Waals surface area contributed by atoms with E-state index in [1.165, 1.54) is 57.9 Å². The fraction of sp³-hybridized carbons (Fsp3) is 1.00. The number of hydrogen-bond donors (Lipinski definition) is 1. The third kappa shape index (κ3) is 2.53. The van der Waals surface area contributed by atoms with Gasteiger partial charge >= 0.3 is 0 Å². The molecule has 0 aromatic carbocycles. The normalized spacial score (nSPS) is 26.1. The number of rotatable bonds is 6. The van der Waals surface area contributed by atoms with Crippen LogP contribution in [0.5, 0.6) is 0 Å². The van der Waals surface area contributed by atoms with Gasteiger partial charge in [0.2, 0.25) is 0 Å². The Morgan fingerprint density at radius 2 is 1.82 bits per heavy atom. The summed E-state index contributed by atoms with van der Waals surface area (Å²) >= 11 is 0. The molecule has 2 rings (SSSR count). The largest absolute Gasteiger partial charge is 0.312 e. The van der Waals surface area contributed by atoms with Gasteiger partial charge in [-0.1, -0.05) is 26.2 Å². The fourth-order valence-electron chi connectivity index (χ4n) is 3.89. The minimum Gasteiger partial charge on any atom is -0.312 e. The summed E-state index contributed by atoms with van der Waals surface area (Å²) in [5, 5.41) is 3.89. The topological polar surface area (TPSA) is 15.3 Å². The summed E-state index contributed by atoms with van der Waals surface area (Å²) in [4.78, 5) is 2.53. The highest BCUT2D eigenvalue weighted by atomic mass is 15.2. The van der Waals surface area contributed by atoms with Crippen molar-refractivity contribution in [3.05, 3.63) is 0 Å². The predicted octanol–water partition coefficient (Wildman–Crippen LogP) is 3.03. The van der Waals surface area contributed by atoms with Crippen molar-refractivity contribution < 1.29 is 0 Å². The van der Waals surface area contributed by atoms with Crippen molar-refractivity contribution in [2.24, 2.45) is 5.92 Å². The third-order valence-electron chi connectivity index (χ3n) is 5.17. The summed E-state index contributed by atoms with van der Waals surface area (Å²) in [6.07, 6.45) is 11.3. The fourth-order valence-corrected chi connectivity index (χ4v) is 3.89. The number of hydrogen-bond acceptors (Lipinski definition) is 2. The Bertz CT molecular complexity index is 227. The molecule has 0 radical (unpaired) electrons. The van der Waals surface area contributed by atoms with Crippen LogP contribution in [-0.4, -0.2) is 37.1 Å². The van der Waals surface area contributed by atoms with E-state index in [0.29, 0.717) is 5.54 Å². The molecule has 2 heteroatoms. The maximum absolute atomic E-state index is 3.89. The van der Waals surface area contributed by atoms with Crippen LogP contribution in [0, 0.1) is 5.92 Å². The van der Waals surface area contributed by atoms with Crippen LogP contribution in [0.1, 0.15) is 58.3 Å². The molecule has 2 aliphatic carbocycles. The first-order valence-corrected chi connectivity index (χ1v) is 7.61. The molecule has 0 aromatic heterocycles. The lowest BCUT2D eigenvalue weighted by molar-refractivity contribution is 0.0481. The van der Waals surface area contributed by atoms with E-state index in [0.717, 1.165) is 12.0 Å². The lowest BCUT2D eigenvalue weighted by atomic mass is 9.70. The van der Waals surface area contributed by atoms with Crippen molar-refractivity contribution in [3.63, 3.8) is 0 Å². The molecule has 2 nitrogen and oxygen atoms in total. The zero-order valence-electron chi connectivity index (χ0n) is 12.0. The van der Waals surface area contributed by atoms with Gasteiger partial charge in [-0.05, 0) is 58.7 Å². The summed E-state index contributed by atoms with van der Waals surface area (Å²) < 4.78 is 0. The highest BCUT2D eigenvalue weighted by Gasteiger charge is 2.47. The average molecular weight is 238 g/mol. The lowest BCUT2D eigenvalue weighted by Crippen LogP contribution is -2.61. The van der Waals surface area contributed by atoms with Crippen LogP contribution in [0.4, 0.5) is 0 Å². The van der Waals surface area contributed by atoms with Gasteiger partial charge in [-0.25, -0.2) is 0 Å². The lowest BCUT2D eigenvalue weighted by Gasteiger charge is -2.49. The second kappa shape index (κ2) is 5.71. The van der Waals surface area contributed by atoms with Crippen molar-refractivity contribution in [1.29, 1.82) is 0 Å². The summed E-state index contributed by atoms with van der Waals surface area (Å²) in [6, 6.07) is 0.744. The minimum absolute atomic E-state index is 0.459. The Labute approximate surface area is 107 Å². The van der Waals surface area contributed by atoms with Crippen LogP contribution >= 0.6 is 0 Å². The first-order valence-electron chi connectivity index (χ1n) is 7.61. The van der Waals surface area contributed by atoms with Crippen molar-refractivity contribution in [2.45, 2.75) is 69.9 Å². The Kier molecular flexibility index (Phi) is 4.48. The quantitative estimate of drug-likeness (QED) is 0.765. The van der Waals surface area contributed by atoms with E-state index in [2.05, 4.69) is 31.2 Å². The Hall–Kier alpha value is -0.0800. The molecule has 2 aliphatic rings. The van der Waals surface area contributed by atoms with Crippen LogP contribution in [0.25, 0.3) is 0 Å². The van der Waals surface area contributed by atoms with E-state index in [-0.39, 0.29) is 0 Å². The molecule has 0 spiro atoms. The second-order valence-corrected chi connectivity index (χ2v) is 6.33. The molecule has 1 atom stereocenters. The van der Waals surface area contributed by atoms with Crippen molar-refractivity contribution in [1.82, 2.24) is 10.2 Å². The molecule has 0 amide bonds. The monoisotopic (exact) mass is 238 g/mol. The number of likely N-dealkylation sites (N-methyl/N-ethyl adjacent to an activating group) is 1. The minimum atomic E-state index is 0.459. The average Bonchev–Trinajstić information content (AvgIpc) is 2.71. The van der Waals surface area contributed by atoms with E-state index in [1.807, 2.05) is 0 Å². The molecule has 0 bridgehead atoms. The van der Waals surface area contributed by atoms with Gasteiger partial charge in [0.05, 0.1) is 0 Å². The standard InChI is InChI=1S/C15H30N2/c1-4-12-16-14(13-8-7-9-13)15(17(2)3)10-5-6-11-15/h13-14,16H,4-12H2,1-3H3. The first kappa shape index (κ1) is 13.4. The van der Waals surface area contributed by atoms with Crippen LogP contribution in [0.3, 0.4) is 0 Å². The third-order valence-corrected chi connectivity index (χ3v) is 5.17. The second-order valence-electron chi connectivity index (χ2n) is 6.33. The molecule has 100 valence electrons. The van der Waals surface area contributed by atoms with E-state index < -0.39 is 0 Å². The highest BCUT2D eigenvalue weighted by molar-refractivity contribution is 5.05. The van der Waals surface area contributed by atoms with Crippen LogP contribution in [0.15, 0.2) is 0 Å². The van der Waals surface area contributed by atoms with E-state index in [4.69, 9.17) is 0 Å².